The van der Waals surface area contributed by atoms with Gasteiger partial charge in [-0.05, 0) is 0 Å². The van der Waals surface area contributed by atoms with Crippen molar-refractivity contribution in [2.75, 3.05) is 24.3 Å². The molecule has 0 aromatic heterocycles. The maximum Gasteiger partial charge on any atom is 0.123 e. The molecule has 0 heterocycles. The minimum Gasteiger partial charge on any atom is -0.497 e. The molecule has 4 nitrogen and oxygen atoms in total. The smallest absolute Gasteiger partial charge is 0.123 e. The van der Waals surface area contributed by atoms with E-state index in [1.807, 2.05) is 0 Å². The molecule has 0 amide bonds. The molecular formula is C7H11N3O. The van der Waals surface area contributed by atoms with Crippen molar-refractivity contribution in [1.29, 1.82) is 0 Å². The molecule has 0 aliphatic carbocycles. The molecule has 60 valence electrons. The predicted molar refractivity (Wildman–Crippen MR) is 46.2 cm³/mol. The highest BCUT2D eigenvalue weighted by atomic mass is 16.5. The number of ether oxygens (including phenoxy) is 1. The minimum atomic E-state index is 0.408. The quantitative estimate of drug-likeness (QED) is 0.511. The number of nitrogen functional groups attached to an aromatic ring is 3. The summed E-state index contributed by atoms with van der Waals surface area (Å²) in [7, 11) is 1.55. The second kappa shape index (κ2) is 2.57. The zero-order valence-corrected chi connectivity index (χ0v) is 6.29. The average Bonchev–Trinajstić information content (AvgIpc) is 1.99. The van der Waals surface area contributed by atoms with Crippen LogP contribution in [0.3, 0.4) is 0 Å². The Morgan fingerprint density at radius 1 is 1.09 bits per heavy atom. The fourth-order valence-corrected chi connectivity index (χ4v) is 0.788. The van der Waals surface area contributed by atoms with E-state index in [1.165, 1.54) is 0 Å². The Morgan fingerprint density at radius 2 is 1.55 bits per heavy atom. The molecule has 0 unspecified atom stereocenters. The van der Waals surface area contributed by atoms with Gasteiger partial charge in [0.1, 0.15) is 5.75 Å². The first-order valence-electron chi connectivity index (χ1n) is 3.13. The zero-order valence-electron chi connectivity index (χ0n) is 6.29. The molecule has 0 atom stereocenters. The molecule has 11 heavy (non-hydrogen) atoms. The normalized spacial score (nSPS) is 9.55. The first-order chi connectivity index (χ1) is 5.15. The van der Waals surface area contributed by atoms with Crippen LogP contribution < -0.4 is 21.9 Å². The summed E-state index contributed by atoms with van der Waals surface area (Å²) in [5.41, 5.74) is 17.8. The average molecular weight is 153 g/mol. The van der Waals surface area contributed by atoms with Crippen LogP contribution in [0, 0.1) is 0 Å². The lowest BCUT2D eigenvalue weighted by Crippen LogP contribution is -2.00. The summed E-state index contributed by atoms with van der Waals surface area (Å²) in [4.78, 5) is 0. The molecule has 1 aromatic rings. The Balaban J connectivity index is 3.21. The molecule has 0 aliphatic rings. The van der Waals surface area contributed by atoms with Gasteiger partial charge in [-0.2, -0.15) is 0 Å². The number of hydrogen-bond donors (Lipinski definition) is 3. The van der Waals surface area contributed by atoms with Crippen molar-refractivity contribution in [1.82, 2.24) is 0 Å². The van der Waals surface area contributed by atoms with Crippen molar-refractivity contribution < 1.29 is 4.74 Å². The summed E-state index contributed by atoms with van der Waals surface area (Å²) >= 11 is 0. The van der Waals surface area contributed by atoms with Crippen molar-refractivity contribution in [2.45, 2.75) is 0 Å². The van der Waals surface area contributed by atoms with Gasteiger partial charge in [-0.25, -0.2) is 0 Å². The maximum absolute atomic E-state index is 5.51. The fourth-order valence-electron chi connectivity index (χ4n) is 0.788. The van der Waals surface area contributed by atoms with Crippen LogP contribution in [0.4, 0.5) is 17.1 Å². The first kappa shape index (κ1) is 7.53. The van der Waals surface area contributed by atoms with Crippen molar-refractivity contribution in [3.8, 4) is 5.75 Å². The van der Waals surface area contributed by atoms with Gasteiger partial charge in [0.25, 0.3) is 0 Å². The monoisotopic (exact) mass is 153 g/mol. The highest BCUT2D eigenvalue weighted by Gasteiger charge is 2.01. The second-order valence-electron chi connectivity index (χ2n) is 2.22. The van der Waals surface area contributed by atoms with Gasteiger partial charge >= 0.3 is 0 Å². The predicted octanol–water partition coefficient (Wildman–Crippen LogP) is 0.442. The molecule has 0 fully saturated rings. The molecule has 0 saturated heterocycles. The fraction of sp³-hybridized carbons (Fsp3) is 0.143. The first-order valence-corrected chi connectivity index (χ1v) is 3.13. The van der Waals surface area contributed by atoms with E-state index in [9.17, 15) is 0 Å². The number of hydrogen-bond acceptors (Lipinski definition) is 4. The number of nitrogens with two attached hydrogens (primary N) is 3. The van der Waals surface area contributed by atoms with Gasteiger partial charge in [0.05, 0.1) is 24.2 Å². The van der Waals surface area contributed by atoms with Crippen molar-refractivity contribution in [3.05, 3.63) is 12.1 Å². The Kier molecular flexibility index (Phi) is 1.76. The lowest BCUT2D eigenvalue weighted by Gasteiger charge is -2.06. The number of benzene rings is 1. The third-order valence-electron chi connectivity index (χ3n) is 1.45. The molecule has 0 spiro atoms. The largest absolute Gasteiger partial charge is 0.497 e. The number of methoxy groups -OCH3 is 1. The highest BCUT2D eigenvalue weighted by molar-refractivity contribution is 5.79. The molecule has 0 bridgehead atoms. The third-order valence-corrected chi connectivity index (χ3v) is 1.45. The molecule has 0 saturated carbocycles. The summed E-state index contributed by atoms with van der Waals surface area (Å²) in [6.45, 7) is 0. The molecule has 4 heteroatoms. The maximum atomic E-state index is 5.51. The van der Waals surface area contributed by atoms with E-state index in [0.717, 1.165) is 0 Å². The van der Waals surface area contributed by atoms with Gasteiger partial charge in [-0.1, -0.05) is 0 Å². The summed E-state index contributed by atoms with van der Waals surface area (Å²) in [6.07, 6.45) is 0. The van der Waals surface area contributed by atoms with Crippen molar-refractivity contribution in [2.24, 2.45) is 0 Å². The molecule has 1 aromatic carbocycles. The molecule has 6 N–H and O–H groups in total. The van der Waals surface area contributed by atoms with E-state index >= 15 is 0 Å². The van der Waals surface area contributed by atoms with Crippen molar-refractivity contribution >= 4 is 17.1 Å². The molecule has 0 radical (unpaired) electrons. The Bertz CT molecular complexity index is 249. The van der Waals surface area contributed by atoms with Crippen LogP contribution >= 0.6 is 0 Å². The van der Waals surface area contributed by atoms with Crippen LogP contribution in [0.5, 0.6) is 5.75 Å². The van der Waals surface area contributed by atoms with Gasteiger partial charge in [-0.15, -0.1) is 0 Å². The molecular weight excluding hydrogens is 142 g/mol. The van der Waals surface area contributed by atoms with Gasteiger partial charge in [-0.3, -0.25) is 0 Å². The summed E-state index contributed by atoms with van der Waals surface area (Å²) in [6, 6.07) is 3.26. The zero-order chi connectivity index (χ0) is 8.43. The Hall–Kier alpha value is -1.58. The SMILES string of the molecule is COc1cc(N)c(N)c(N)c1. The van der Waals surface area contributed by atoms with Crippen LogP contribution in [-0.4, -0.2) is 7.11 Å². The highest BCUT2D eigenvalue weighted by Crippen LogP contribution is 2.28. The summed E-state index contributed by atoms with van der Waals surface area (Å²) < 4.78 is 4.92. The van der Waals surface area contributed by atoms with E-state index in [1.54, 1.807) is 19.2 Å². The third kappa shape index (κ3) is 1.29. The Labute approximate surface area is 64.9 Å². The van der Waals surface area contributed by atoms with E-state index in [0.29, 0.717) is 22.8 Å². The standard InChI is InChI=1S/C7H11N3O/c1-11-4-2-5(8)7(10)6(9)3-4/h2-3H,8-10H2,1H3. The van der Waals surface area contributed by atoms with E-state index in [2.05, 4.69) is 0 Å². The van der Waals surface area contributed by atoms with Crippen LogP contribution in [0.2, 0.25) is 0 Å². The van der Waals surface area contributed by atoms with E-state index in [4.69, 9.17) is 21.9 Å². The molecule has 0 aliphatic heterocycles. The summed E-state index contributed by atoms with van der Waals surface area (Å²) in [5.74, 6) is 0.620. The van der Waals surface area contributed by atoms with Crippen molar-refractivity contribution in [3.63, 3.8) is 0 Å². The number of rotatable bonds is 1. The number of anilines is 3. The van der Waals surface area contributed by atoms with Gasteiger partial charge in [0.2, 0.25) is 0 Å². The van der Waals surface area contributed by atoms with Crippen LogP contribution in [-0.2, 0) is 0 Å². The minimum absolute atomic E-state index is 0.408. The van der Waals surface area contributed by atoms with E-state index in [-0.39, 0.29) is 0 Å². The topological polar surface area (TPSA) is 87.3 Å². The van der Waals surface area contributed by atoms with Crippen LogP contribution in [0.1, 0.15) is 0 Å². The summed E-state index contributed by atoms with van der Waals surface area (Å²) in [5, 5.41) is 0. The van der Waals surface area contributed by atoms with E-state index < -0.39 is 0 Å². The second-order valence-corrected chi connectivity index (χ2v) is 2.22. The van der Waals surface area contributed by atoms with Gasteiger partial charge in [0.15, 0.2) is 0 Å². The van der Waals surface area contributed by atoms with Gasteiger partial charge in [0, 0.05) is 12.1 Å². The lowest BCUT2D eigenvalue weighted by atomic mass is 10.2. The lowest BCUT2D eigenvalue weighted by molar-refractivity contribution is 0.415. The Morgan fingerprint density at radius 3 is 1.91 bits per heavy atom. The molecule has 1 rings (SSSR count). The van der Waals surface area contributed by atoms with Crippen LogP contribution in [0.15, 0.2) is 12.1 Å². The van der Waals surface area contributed by atoms with Crippen LogP contribution in [0.25, 0.3) is 0 Å². The van der Waals surface area contributed by atoms with Gasteiger partial charge < -0.3 is 21.9 Å².